The molecule has 0 radical (unpaired) electrons. The van der Waals surface area contributed by atoms with Crippen molar-refractivity contribution >= 4 is 41.3 Å². The van der Waals surface area contributed by atoms with Crippen molar-refractivity contribution in [2.75, 3.05) is 23.0 Å². The Morgan fingerprint density at radius 2 is 1.46 bits per heavy atom. The highest BCUT2D eigenvalue weighted by molar-refractivity contribution is 6.46. The largest absolute Gasteiger partial charge is 0.490 e. The van der Waals surface area contributed by atoms with Crippen LogP contribution in [0, 0.1) is 0 Å². The van der Waals surface area contributed by atoms with Crippen LogP contribution in [-0.2, 0) is 20.8 Å². The van der Waals surface area contributed by atoms with Crippen molar-refractivity contribution in [1.29, 1.82) is 0 Å². The van der Waals surface area contributed by atoms with Gasteiger partial charge in [-0.2, -0.15) is 0 Å². The minimum atomic E-state index is -1.15. The number of allylic oxidation sites excluding steroid dienone is 1. The Kier molecular flexibility index (Phi) is 8.21. The van der Waals surface area contributed by atoms with Gasteiger partial charge in [-0.3, -0.25) is 9.59 Å². The summed E-state index contributed by atoms with van der Waals surface area (Å²) in [4.78, 5) is 53.8. The van der Waals surface area contributed by atoms with Gasteiger partial charge in [0.1, 0.15) is 5.57 Å². The number of carbonyl (C=O) groups excluding carboxylic acids is 3. The van der Waals surface area contributed by atoms with Crippen molar-refractivity contribution in [3.8, 4) is 11.5 Å². The molecule has 0 atom stereocenters. The van der Waals surface area contributed by atoms with Gasteiger partial charge in [0.25, 0.3) is 11.8 Å². The summed E-state index contributed by atoms with van der Waals surface area (Å²) in [5.41, 5.74) is 1.35. The van der Waals surface area contributed by atoms with Crippen molar-refractivity contribution in [2.24, 2.45) is 0 Å². The monoisotopic (exact) mass is 526 g/mol. The second-order valence-corrected chi connectivity index (χ2v) is 8.41. The van der Waals surface area contributed by atoms with Gasteiger partial charge in [-0.05, 0) is 61.4 Å². The van der Waals surface area contributed by atoms with Crippen molar-refractivity contribution in [3.05, 3.63) is 102 Å². The fourth-order valence-electron chi connectivity index (χ4n) is 4.14. The number of nitrogens with zero attached hydrogens (tertiary/aromatic N) is 2. The number of carboxylic acid groups (broad SMARTS) is 1. The Labute approximate surface area is 225 Å². The van der Waals surface area contributed by atoms with Crippen LogP contribution in [0.25, 0.3) is 6.08 Å². The molecule has 39 heavy (non-hydrogen) atoms. The molecule has 4 amide bonds. The van der Waals surface area contributed by atoms with Gasteiger partial charge in [0, 0.05) is 5.56 Å². The lowest BCUT2D eigenvalue weighted by molar-refractivity contribution is -0.139. The van der Waals surface area contributed by atoms with Gasteiger partial charge >= 0.3 is 12.0 Å². The fourth-order valence-corrected chi connectivity index (χ4v) is 4.14. The number of hydrogen-bond donors (Lipinski definition) is 1. The van der Waals surface area contributed by atoms with E-state index in [0.29, 0.717) is 28.9 Å². The second-order valence-electron chi connectivity index (χ2n) is 8.41. The molecule has 1 aliphatic heterocycles. The molecule has 3 aromatic carbocycles. The van der Waals surface area contributed by atoms with Crippen LogP contribution in [0.5, 0.6) is 11.5 Å². The van der Waals surface area contributed by atoms with Gasteiger partial charge in [0.05, 0.1) is 18.0 Å². The molecule has 9 heteroatoms. The van der Waals surface area contributed by atoms with Crippen LogP contribution in [-0.4, -0.2) is 42.1 Å². The minimum Gasteiger partial charge on any atom is -0.490 e. The molecule has 198 valence electrons. The zero-order valence-electron chi connectivity index (χ0n) is 21.2. The summed E-state index contributed by atoms with van der Waals surface area (Å²) in [6.45, 7) is 5.18. The molecule has 3 aromatic rings. The smallest absolute Gasteiger partial charge is 0.343 e. The maximum atomic E-state index is 13.6. The molecule has 0 aliphatic carbocycles. The summed E-state index contributed by atoms with van der Waals surface area (Å²) in [6, 6.07) is 19.1. The molecular formula is C30H26N2O7. The zero-order chi connectivity index (χ0) is 27.9. The number of urea groups is 1. The molecular weight excluding hydrogens is 500 g/mol. The summed E-state index contributed by atoms with van der Waals surface area (Å²) in [5, 5.41) is 9.10. The Morgan fingerprint density at radius 3 is 1.95 bits per heavy atom. The summed E-state index contributed by atoms with van der Waals surface area (Å²) in [7, 11) is 0. The summed E-state index contributed by atoms with van der Waals surface area (Å²) in [5.74, 6) is -2.24. The van der Waals surface area contributed by atoms with Crippen LogP contribution in [0.15, 0.2) is 91.0 Å². The van der Waals surface area contributed by atoms with Crippen LogP contribution < -0.4 is 19.3 Å². The van der Waals surface area contributed by atoms with Gasteiger partial charge < -0.3 is 14.6 Å². The number of aliphatic carboxylic acids is 1. The molecule has 1 heterocycles. The number of carbonyl (C=O) groups is 4. The summed E-state index contributed by atoms with van der Waals surface area (Å²) in [6.07, 6.45) is 3.30. The fraction of sp³-hybridized carbons (Fsp3) is 0.133. The maximum absolute atomic E-state index is 13.6. The van der Waals surface area contributed by atoms with E-state index in [1.165, 1.54) is 6.08 Å². The lowest BCUT2D eigenvalue weighted by Gasteiger charge is -2.34. The van der Waals surface area contributed by atoms with E-state index < -0.39 is 30.4 Å². The van der Waals surface area contributed by atoms with Crippen LogP contribution >= 0.6 is 0 Å². The maximum Gasteiger partial charge on any atom is 0.343 e. The number of carboxylic acids is 1. The number of barbiturate groups is 1. The lowest BCUT2D eigenvalue weighted by atomic mass is 10.0. The predicted octanol–water partition coefficient (Wildman–Crippen LogP) is 4.86. The number of anilines is 2. The Bertz CT molecular complexity index is 1390. The first kappa shape index (κ1) is 26.9. The van der Waals surface area contributed by atoms with Crippen LogP contribution in [0.3, 0.4) is 0 Å². The molecule has 1 aliphatic rings. The number of amides is 4. The minimum absolute atomic E-state index is 0.231. The van der Waals surface area contributed by atoms with Crippen molar-refractivity contribution in [1.82, 2.24) is 0 Å². The SMILES string of the molecule is C=CCc1cc(C=C2C(=O)N(c3ccccc3)C(=O)N(c3ccccc3)C2=O)cc(OCC)c1OCC(=O)O. The average molecular weight is 527 g/mol. The topological polar surface area (TPSA) is 113 Å². The van der Waals surface area contributed by atoms with Crippen LogP contribution in [0.2, 0.25) is 0 Å². The first-order chi connectivity index (χ1) is 18.8. The normalized spacial score (nSPS) is 13.4. The zero-order valence-corrected chi connectivity index (χ0v) is 21.2. The number of imide groups is 2. The summed E-state index contributed by atoms with van der Waals surface area (Å²) < 4.78 is 11.2. The molecule has 4 rings (SSSR count). The van der Waals surface area contributed by atoms with E-state index >= 15 is 0 Å². The van der Waals surface area contributed by atoms with Gasteiger partial charge in [-0.15, -0.1) is 6.58 Å². The van der Waals surface area contributed by atoms with Crippen LogP contribution in [0.1, 0.15) is 18.1 Å². The molecule has 0 unspecified atom stereocenters. The van der Waals surface area contributed by atoms with E-state index in [-0.39, 0.29) is 23.7 Å². The van der Waals surface area contributed by atoms with Gasteiger partial charge in [0.15, 0.2) is 18.1 Å². The first-order valence-corrected chi connectivity index (χ1v) is 12.2. The van der Waals surface area contributed by atoms with Crippen LogP contribution in [0.4, 0.5) is 16.2 Å². The molecule has 1 saturated heterocycles. The quantitative estimate of drug-likeness (QED) is 0.228. The van der Waals surface area contributed by atoms with Crippen molar-refractivity contribution in [3.63, 3.8) is 0 Å². The second kappa shape index (κ2) is 11.9. The molecule has 0 spiro atoms. The van der Waals surface area contributed by atoms with E-state index in [1.54, 1.807) is 85.8 Å². The predicted molar refractivity (Wildman–Crippen MR) is 146 cm³/mol. The highest BCUT2D eigenvalue weighted by Gasteiger charge is 2.43. The third-order valence-electron chi connectivity index (χ3n) is 5.75. The lowest BCUT2D eigenvalue weighted by Crippen LogP contribution is -2.57. The first-order valence-electron chi connectivity index (χ1n) is 12.2. The van der Waals surface area contributed by atoms with E-state index in [2.05, 4.69) is 6.58 Å². The van der Waals surface area contributed by atoms with Gasteiger partial charge in [-0.1, -0.05) is 42.5 Å². The average Bonchev–Trinajstić information content (AvgIpc) is 2.92. The number of ether oxygens (including phenoxy) is 2. The third-order valence-corrected chi connectivity index (χ3v) is 5.75. The molecule has 0 saturated carbocycles. The Morgan fingerprint density at radius 1 is 0.897 bits per heavy atom. The number of rotatable bonds is 10. The van der Waals surface area contributed by atoms with Crippen molar-refractivity contribution < 1.29 is 33.8 Å². The Hall–Kier alpha value is -5.18. The molecule has 1 N–H and O–H groups in total. The van der Waals surface area contributed by atoms with Crippen molar-refractivity contribution in [2.45, 2.75) is 13.3 Å². The molecule has 1 fully saturated rings. The third kappa shape index (κ3) is 5.72. The standard InChI is InChI=1S/C30H26N2O7/c1-3-11-21-16-20(18-25(38-4-2)27(21)39-19-26(33)34)17-24-28(35)31(22-12-7-5-8-13-22)30(37)32(29(24)36)23-14-9-6-10-15-23/h3,5-10,12-18H,1,4,11,19H2,2H3,(H,33,34). The van der Waals surface area contributed by atoms with E-state index in [0.717, 1.165) is 9.80 Å². The van der Waals surface area contributed by atoms with E-state index in [4.69, 9.17) is 14.6 Å². The highest BCUT2D eigenvalue weighted by atomic mass is 16.5. The number of para-hydroxylation sites is 2. The molecule has 0 bridgehead atoms. The molecule has 0 aromatic heterocycles. The number of hydrogen-bond acceptors (Lipinski definition) is 6. The number of benzene rings is 3. The Balaban J connectivity index is 1.87. The van der Waals surface area contributed by atoms with Gasteiger partial charge in [-0.25, -0.2) is 19.4 Å². The highest BCUT2D eigenvalue weighted by Crippen LogP contribution is 2.36. The molecule has 9 nitrogen and oxygen atoms in total. The van der Waals surface area contributed by atoms with E-state index in [1.807, 2.05) is 0 Å². The summed E-state index contributed by atoms with van der Waals surface area (Å²) >= 11 is 0. The van der Waals surface area contributed by atoms with E-state index in [9.17, 15) is 19.2 Å². The van der Waals surface area contributed by atoms with Gasteiger partial charge in [0.2, 0.25) is 0 Å².